The number of fused-ring (bicyclic) bond motifs is 1. The summed E-state index contributed by atoms with van der Waals surface area (Å²) in [5.41, 5.74) is 2.12. The molecule has 13 nitrogen and oxygen atoms in total. The lowest BCUT2D eigenvalue weighted by atomic mass is 9.98. The van der Waals surface area contributed by atoms with Gasteiger partial charge in [0.15, 0.2) is 0 Å². The Morgan fingerprint density at radius 3 is 1.74 bits per heavy atom. The van der Waals surface area contributed by atoms with Crippen molar-refractivity contribution in [2.45, 2.75) is 76.2 Å². The molecule has 3 aromatic carbocycles. The number of ether oxygens (including phenoxy) is 2. The number of hydrogen-bond donors (Lipinski definition) is 4. The minimum atomic E-state index is -1.15. The van der Waals surface area contributed by atoms with Crippen LogP contribution >= 0.6 is 0 Å². The van der Waals surface area contributed by atoms with E-state index in [0.29, 0.717) is 36.4 Å². The van der Waals surface area contributed by atoms with Crippen molar-refractivity contribution in [3.05, 3.63) is 89.5 Å². The first-order chi connectivity index (χ1) is 25.4. The molecule has 5 amide bonds. The number of hydrogen-bond acceptors (Lipinski definition) is 8. The molecule has 5 rings (SSSR count). The fourth-order valence-electron chi connectivity index (χ4n) is 6.85. The van der Waals surface area contributed by atoms with E-state index in [-0.39, 0.29) is 30.9 Å². The number of carbonyl (C=O) groups is 5. The maximum Gasteiger partial charge on any atom is 0.246 e. The SMILES string of the molecule is COc1ccc(CC2NC(=O)C3CCCN3C(=O)C(C(C)C)NC(=O)C(Cc3ccc(O)cc3)N(C)C(=O)C(Cc3ccc(OC)cc3)NC2=O)cc1. The number of likely N-dealkylation sites (N-methyl/N-ethyl adjacent to an activating group) is 1. The Balaban J connectivity index is 1.58. The summed E-state index contributed by atoms with van der Waals surface area (Å²) in [4.78, 5) is 74.1. The molecule has 13 heteroatoms. The molecule has 2 aliphatic rings. The van der Waals surface area contributed by atoms with E-state index < -0.39 is 59.7 Å². The standard InChI is InChI=1S/C40H49N5O8/c1-24(2)35-40(51)45-20-6-7-33(45)37(48)41-31(21-25-10-16-29(52-4)17-11-25)36(47)42-32(22-26-12-18-30(53-5)19-13-26)39(50)44(3)34(38(49)43-35)23-27-8-14-28(46)15-9-27/h8-19,24,31-35,46H,6-7,20-23H2,1-5H3,(H,41,48)(H,42,47)(H,43,49). The lowest BCUT2D eigenvalue weighted by molar-refractivity contribution is -0.144. The van der Waals surface area contributed by atoms with Crippen molar-refractivity contribution in [1.29, 1.82) is 0 Å². The van der Waals surface area contributed by atoms with E-state index in [0.717, 1.165) is 11.1 Å². The molecule has 0 aromatic heterocycles. The lowest BCUT2D eigenvalue weighted by Gasteiger charge is -2.34. The number of nitrogens with one attached hydrogen (secondary N) is 3. The van der Waals surface area contributed by atoms with E-state index in [9.17, 15) is 29.1 Å². The van der Waals surface area contributed by atoms with E-state index in [2.05, 4.69) is 16.0 Å². The molecule has 282 valence electrons. The maximum absolute atomic E-state index is 14.6. The van der Waals surface area contributed by atoms with Gasteiger partial charge in [0.05, 0.1) is 14.2 Å². The van der Waals surface area contributed by atoms with Gasteiger partial charge >= 0.3 is 0 Å². The number of methoxy groups -OCH3 is 2. The Labute approximate surface area is 310 Å². The zero-order valence-corrected chi connectivity index (χ0v) is 30.8. The summed E-state index contributed by atoms with van der Waals surface area (Å²) in [6.45, 7) is 3.93. The average molecular weight is 728 g/mol. The van der Waals surface area contributed by atoms with Crippen molar-refractivity contribution in [2.75, 3.05) is 27.8 Å². The second-order valence-electron chi connectivity index (χ2n) is 14.0. The van der Waals surface area contributed by atoms with Crippen molar-refractivity contribution < 1.29 is 38.6 Å². The van der Waals surface area contributed by atoms with Gasteiger partial charge in [0, 0.05) is 32.9 Å². The molecule has 0 bridgehead atoms. The van der Waals surface area contributed by atoms with Gasteiger partial charge in [0.1, 0.15) is 47.5 Å². The van der Waals surface area contributed by atoms with Crippen LogP contribution in [0.25, 0.3) is 0 Å². The highest BCUT2D eigenvalue weighted by Crippen LogP contribution is 2.23. The Kier molecular flexibility index (Phi) is 12.6. The normalized spacial score (nSPS) is 23.1. The molecule has 0 saturated carbocycles. The molecule has 0 aliphatic carbocycles. The van der Waals surface area contributed by atoms with Gasteiger partial charge in [-0.15, -0.1) is 0 Å². The molecule has 0 spiro atoms. The number of aromatic hydroxyl groups is 1. The summed E-state index contributed by atoms with van der Waals surface area (Å²) in [6.07, 6.45) is 1.18. The van der Waals surface area contributed by atoms with Gasteiger partial charge in [0.2, 0.25) is 29.5 Å². The van der Waals surface area contributed by atoms with Crippen LogP contribution in [-0.2, 0) is 43.2 Å². The molecule has 3 aromatic rings. The Bertz CT molecular complexity index is 1760. The molecule has 5 atom stereocenters. The van der Waals surface area contributed by atoms with Crippen LogP contribution in [-0.4, -0.2) is 102 Å². The highest BCUT2D eigenvalue weighted by Gasteiger charge is 2.42. The monoisotopic (exact) mass is 727 g/mol. The highest BCUT2D eigenvalue weighted by atomic mass is 16.5. The first kappa shape index (κ1) is 38.6. The summed E-state index contributed by atoms with van der Waals surface area (Å²) < 4.78 is 10.6. The topological polar surface area (TPSA) is 167 Å². The molecule has 0 radical (unpaired) electrons. The molecule has 2 heterocycles. The maximum atomic E-state index is 14.6. The lowest BCUT2D eigenvalue weighted by Crippen LogP contribution is -2.59. The first-order valence-corrected chi connectivity index (χ1v) is 17.9. The summed E-state index contributed by atoms with van der Waals surface area (Å²) in [6, 6.07) is 15.3. The number of phenols is 1. The second kappa shape index (κ2) is 17.3. The zero-order chi connectivity index (χ0) is 38.2. The molecular formula is C40H49N5O8. The van der Waals surface area contributed by atoms with E-state index in [1.165, 1.54) is 29.0 Å². The molecule has 5 unspecified atom stereocenters. The molecule has 4 N–H and O–H groups in total. The van der Waals surface area contributed by atoms with Crippen LogP contribution in [0.4, 0.5) is 0 Å². The van der Waals surface area contributed by atoms with E-state index in [1.54, 1.807) is 74.9 Å². The van der Waals surface area contributed by atoms with Gasteiger partial charge in [0.25, 0.3) is 0 Å². The minimum absolute atomic E-state index is 0.0463. The minimum Gasteiger partial charge on any atom is -0.508 e. The van der Waals surface area contributed by atoms with Gasteiger partial charge in [-0.25, -0.2) is 0 Å². The molecule has 53 heavy (non-hydrogen) atoms. The van der Waals surface area contributed by atoms with E-state index >= 15 is 0 Å². The molecule has 2 aliphatic heterocycles. The number of amides is 5. The fourth-order valence-corrected chi connectivity index (χ4v) is 6.85. The van der Waals surface area contributed by atoms with Crippen molar-refractivity contribution in [3.8, 4) is 17.2 Å². The van der Waals surface area contributed by atoms with Crippen LogP contribution < -0.4 is 25.4 Å². The van der Waals surface area contributed by atoms with E-state index in [4.69, 9.17) is 9.47 Å². The summed E-state index contributed by atoms with van der Waals surface area (Å²) in [7, 11) is 4.60. The van der Waals surface area contributed by atoms with Crippen LogP contribution in [0.2, 0.25) is 0 Å². The van der Waals surface area contributed by atoms with Gasteiger partial charge < -0.3 is 40.3 Å². The molecule has 2 fully saturated rings. The largest absolute Gasteiger partial charge is 0.508 e. The first-order valence-electron chi connectivity index (χ1n) is 17.9. The van der Waals surface area contributed by atoms with Crippen molar-refractivity contribution in [1.82, 2.24) is 25.8 Å². The number of carbonyl (C=O) groups excluding carboxylic acids is 5. The number of phenolic OH excluding ortho intramolecular Hbond substituents is 1. The third-order valence-electron chi connectivity index (χ3n) is 10.00. The third-order valence-corrected chi connectivity index (χ3v) is 10.00. The van der Waals surface area contributed by atoms with Gasteiger partial charge in [-0.3, -0.25) is 24.0 Å². The number of benzene rings is 3. The molecule has 2 saturated heterocycles. The van der Waals surface area contributed by atoms with Crippen molar-refractivity contribution >= 4 is 29.5 Å². The smallest absolute Gasteiger partial charge is 0.246 e. The van der Waals surface area contributed by atoms with Gasteiger partial charge in [-0.1, -0.05) is 50.2 Å². The average Bonchev–Trinajstić information content (AvgIpc) is 3.66. The van der Waals surface area contributed by atoms with Crippen molar-refractivity contribution in [3.63, 3.8) is 0 Å². The molecular weight excluding hydrogens is 678 g/mol. The number of rotatable bonds is 9. The Morgan fingerprint density at radius 1 is 0.679 bits per heavy atom. The zero-order valence-electron chi connectivity index (χ0n) is 30.8. The van der Waals surface area contributed by atoms with Crippen LogP contribution in [0.1, 0.15) is 43.4 Å². The Hall–Kier alpha value is -5.59. The predicted molar refractivity (Wildman–Crippen MR) is 197 cm³/mol. The highest BCUT2D eigenvalue weighted by molar-refractivity contribution is 5.98. The fraction of sp³-hybridized carbons (Fsp3) is 0.425. The van der Waals surface area contributed by atoms with Crippen LogP contribution in [0.3, 0.4) is 0 Å². The quantitative estimate of drug-likeness (QED) is 0.261. The van der Waals surface area contributed by atoms with Crippen LogP contribution in [0.5, 0.6) is 17.2 Å². The van der Waals surface area contributed by atoms with Crippen molar-refractivity contribution in [2.24, 2.45) is 5.92 Å². The number of nitrogens with zero attached hydrogens (tertiary/aromatic N) is 2. The second-order valence-corrected chi connectivity index (χ2v) is 14.0. The predicted octanol–water partition coefficient (Wildman–Crippen LogP) is 2.38. The van der Waals surface area contributed by atoms with E-state index in [1.807, 2.05) is 13.8 Å². The Morgan fingerprint density at radius 2 is 1.19 bits per heavy atom. The van der Waals surface area contributed by atoms with Crippen LogP contribution in [0.15, 0.2) is 72.8 Å². The summed E-state index contributed by atoms with van der Waals surface area (Å²) in [5.74, 6) is -1.68. The summed E-state index contributed by atoms with van der Waals surface area (Å²) >= 11 is 0. The summed E-state index contributed by atoms with van der Waals surface area (Å²) in [5, 5.41) is 18.6. The van der Waals surface area contributed by atoms with Crippen LogP contribution in [0, 0.1) is 5.92 Å². The third kappa shape index (κ3) is 9.45. The van der Waals surface area contributed by atoms with Gasteiger partial charge in [-0.2, -0.15) is 0 Å². The van der Waals surface area contributed by atoms with Gasteiger partial charge in [-0.05, 0) is 71.8 Å².